The van der Waals surface area contributed by atoms with Crippen LogP contribution < -0.4 is 0 Å². The molecule has 0 N–H and O–H groups in total. The molecule has 0 bridgehead atoms. The van der Waals surface area contributed by atoms with Crippen LogP contribution in [0.5, 0.6) is 0 Å². The second-order valence-electron chi connectivity index (χ2n) is 10.4. The van der Waals surface area contributed by atoms with Crippen molar-refractivity contribution >= 4 is 5.78 Å². The van der Waals surface area contributed by atoms with Gasteiger partial charge < -0.3 is 4.90 Å². The van der Waals surface area contributed by atoms with Crippen molar-refractivity contribution in [1.29, 1.82) is 0 Å². The number of carbonyl (C=O) groups excluding carboxylic acids is 1. The van der Waals surface area contributed by atoms with E-state index >= 15 is 0 Å². The van der Waals surface area contributed by atoms with Crippen molar-refractivity contribution in [2.45, 2.75) is 78.2 Å². The number of fused-ring (bicyclic) bond motifs is 5. The topological polar surface area (TPSA) is 20.3 Å². The summed E-state index contributed by atoms with van der Waals surface area (Å²) in [5.41, 5.74) is 2.49. The summed E-state index contributed by atoms with van der Waals surface area (Å²) in [7, 11) is 4.48. The zero-order chi connectivity index (χ0) is 18.0. The number of ketones is 1. The second-order valence-corrected chi connectivity index (χ2v) is 10.4. The lowest BCUT2D eigenvalue weighted by Crippen LogP contribution is -2.51. The molecular formula is C23H37NO. The molecule has 2 nitrogen and oxygen atoms in total. The Morgan fingerprint density at radius 3 is 2.52 bits per heavy atom. The molecule has 0 amide bonds. The van der Waals surface area contributed by atoms with E-state index in [2.05, 4.69) is 38.9 Å². The van der Waals surface area contributed by atoms with Crippen molar-refractivity contribution in [2.24, 2.45) is 34.5 Å². The van der Waals surface area contributed by atoms with Gasteiger partial charge in [-0.15, -0.1) is 0 Å². The Hall–Kier alpha value is -0.630. The molecule has 140 valence electrons. The van der Waals surface area contributed by atoms with Crippen LogP contribution >= 0.6 is 0 Å². The lowest BCUT2D eigenvalue weighted by Gasteiger charge is -2.58. The average molecular weight is 344 g/mol. The van der Waals surface area contributed by atoms with Crippen LogP contribution in [0.1, 0.15) is 72.1 Å². The van der Waals surface area contributed by atoms with Crippen LogP contribution in [-0.2, 0) is 4.79 Å². The van der Waals surface area contributed by atoms with Crippen LogP contribution in [-0.4, -0.2) is 30.8 Å². The predicted octanol–water partition coefficient (Wildman–Crippen LogP) is 5.08. The minimum absolute atomic E-state index is 0.287. The SMILES string of the molecule is CC(=O)[C@H]1CC[C@@H]2[C@H]3CC=C4C[C@@H](N(C)C)CC[C@]4(C)[C@@H]3CC[C@]12C. The molecule has 0 radical (unpaired) electrons. The lowest BCUT2D eigenvalue weighted by molar-refractivity contribution is -0.127. The number of Topliss-reactive ketones (excluding diaryl/α,β-unsaturated/α-hetero) is 1. The highest BCUT2D eigenvalue weighted by molar-refractivity contribution is 5.79. The Morgan fingerprint density at radius 2 is 1.84 bits per heavy atom. The van der Waals surface area contributed by atoms with E-state index in [-0.39, 0.29) is 5.41 Å². The maximum Gasteiger partial charge on any atom is 0.133 e. The molecular weight excluding hydrogens is 306 g/mol. The monoisotopic (exact) mass is 343 g/mol. The molecule has 0 aromatic rings. The smallest absolute Gasteiger partial charge is 0.133 e. The van der Waals surface area contributed by atoms with Crippen LogP contribution in [0.15, 0.2) is 11.6 Å². The van der Waals surface area contributed by atoms with Crippen LogP contribution in [0.3, 0.4) is 0 Å². The highest BCUT2D eigenvalue weighted by Crippen LogP contribution is 2.66. The summed E-state index contributed by atoms with van der Waals surface area (Å²) in [6, 6.07) is 0.735. The predicted molar refractivity (Wildman–Crippen MR) is 103 cm³/mol. The molecule has 0 heterocycles. The van der Waals surface area contributed by atoms with Gasteiger partial charge in [0.15, 0.2) is 0 Å². The first-order valence-electron chi connectivity index (χ1n) is 10.6. The van der Waals surface area contributed by atoms with Gasteiger partial charge in [0, 0.05) is 12.0 Å². The fourth-order valence-corrected chi connectivity index (χ4v) is 7.75. The Labute approximate surface area is 154 Å². The van der Waals surface area contributed by atoms with Crippen LogP contribution in [0.25, 0.3) is 0 Å². The maximum absolute atomic E-state index is 12.2. The van der Waals surface area contributed by atoms with E-state index in [9.17, 15) is 4.79 Å². The highest BCUT2D eigenvalue weighted by Gasteiger charge is 2.59. The van der Waals surface area contributed by atoms with Crippen molar-refractivity contribution < 1.29 is 4.79 Å². The molecule has 0 spiro atoms. The molecule has 25 heavy (non-hydrogen) atoms. The molecule has 2 heteroatoms. The molecule has 3 fully saturated rings. The number of nitrogens with zero attached hydrogens (tertiary/aromatic N) is 1. The zero-order valence-electron chi connectivity index (χ0n) is 17.0. The van der Waals surface area contributed by atoms with E-state index in [0.29, 0.717) is 17.1 Å². The van der Waals surface area contributed by atoms with Gasteiger partial charge in [-0.2, -0.15) is 0 Å². The molecule has 0 unspecified atom stereocenters. The quantitative estimate of drug-likeness (QED) is 0.651. The van der Waals surface area contributed by atoms with Crippen LogP contribution in [0, 0.1) is 34.5 Å². The first kappa shape index (κ1) is 17.8. The Balaban J connectivity index is 1.62. The van der Waals surface area contributed by atoms with Crippen LogP contribution in [0.4, 0.5) is 0 Å². The molecule has 4 aliphatic carbocycles. The van der Waals surface area contributed by atoms with E-state index < -0.39 is 0 Å². The average Bonchev–Trinajstić information content (AvgIpc) is 2.91. The molecule has 7 atom stereocenters. The first-order chi connectivity index (χ1) is 11.8. The third-order valence-electron chi connectivity index (χ3n) is 9.30. The van der Waals surface area contributed by atoms with Crippen molar-refractivity contribution in [3.63, 3.8) is 0 Å². The molecule has 3 saturated carbocycles. The van der Waals surface area contributed by atoms with Gasteiger partial charge >= 0.3 is 0 Å². The normalized spacial score (nSPS) is 49.2. The van der Waals surface area contributed by atoms with Crippen molar-refractivity contribution in [3.05, 3.63) is 11.6 Å². The van der Waals surface area contributed by atoms with Gasteiger partial charge in [0.25, 0.3) is 0 Å². The zero-order valence-corrected chi connectivity index (χ0v) is 17.0. The number of hydrogen-bond donors (Lipinski definition) is 0. The van der Waals surface area contributed by atoms with Gasteiger partial charge in [0.1, 0.15) is 5.78 Å². The number of carbonyl (C=O) groups is 1. The third kappa shape index (κ3) is 2.50. The Morgan fingerprint density at radius 1 is 1.08 bits per heavy atom. The molecule has 4 rings (SSSR count). The summed E-state index contributed by atoms with van der Waals surface area (Å²) in [6.07, 6.45) is 13.0. The van der Waals surface area contributed by atoms with Gasteiger partial charge in [-0.05, 0) is 101 Å². The summed E-state index contributed by atoms with van der Waals surface area (Å²) in [5, 5.41) is 0. The molecule has 4 aliphatic rings. The fourth-order valence-electron chi connectivity index (χ4n) is 7.75. The van der Waals surface area contributed by atoms with E-state index in [0.717, 1.165) is 30.2 Å². The van der Waals surface area contributed by atoms with Gasteiger partial charge in [-0.1, -0.05) is 25.5 Å². The molecule has 0 aliphatic heterocycles. The second kappa shape index (κ2) is 5.94. The van der Waals surface area contributed by atoms with E-state index in [1.165, 1.54) is 44.9 Å². The van der Waals surface area contributed by atoms with Gasteiger partial charge in [0.2, 0.25) is 0 Å². The number of hydrogen-bond acceptors (Lipinski definition) is 2. The van der Waals surface area contributed by atoms with Gasteiger partial charge in [-0.25, -0.2) is 0 Å². The third-order valence-corrected chi connectivity index (χ3v) is 9.30. The maximum atomic E-state index is 12.2. The number of allylic oxidation sites excluding steroid dienone is 1. The van der Waals surface area contributed by atoms with E-state index in [1.54, 1.807) is 5.57 Å². The fraction of sp³-hybridized carbons (Fsp3) is 0.870. The molecule has 0 aromatic carbocycles. The largest absolute Gasteiger partial charge is 0.306 e. The van der Waals surface area contributed by atoms with Crippen molar-refractivity contribution in [1.82, 2.24) is 4.90 Å². The first-order valence-corrected chi connectivity index (χ1v) is 10.6. The Bertz CT molecular complexity index is 593. The number of rotatable bonds is 2. The van der Waals surface area contributed by atoms with Crippen molar-refractivity contribution in [2.75, 3.05) is 14.1 Å². The van der Waals surface area contributed by atoms with Crippen molar-refractivity contribution in [3.8, 4) is 0 Å². The minimum atomic E-state index is 0.287. The summed E-state index contributed by atoms with van der Waals surface area (Å²) >= 11 is 0. The summed E-state index contributed by atoms with van der Waals surface area (Å²) in [4.78, 5) is 14.7. The lowest BCUT2D eigenvalue weighted by atomic mass is 9.47. The highest BCUT2D eigenvalue weighted by atomic mass is 16.1. The molecule has 0 saturated heterocycles. The Kier molecular flexibility index (Phi) is 4.22. The minimum Gasteiger partial charge on any atom is -0.306 e. The molecule has 0 aromatic heterocycles. The van der Waals surface area contributed by atoms with E-state index in [4.69, 9.17) is 0 Å². The van der Waals surface area contributed by atoms with Gasteiger partial charge in [0.05, 0.1) is 0 Å². The standard InChI is InChI=1S/C23H37NO/c1-15(25)19-8-9-20-18-7-6-16-14-17(24(4)5)10-12-22(16,2)21(18)11-13-23(19,20)3/h6,17-21H,7-14H2,1-5H3/t17-,18+,19+,20+,21+,22-,23+/m0/s1. The summed E-state index contributed by atoms with van der Waals surface area (Å²) < 4.78 is 0. The summed E-state index contributed by atoms with van der Waals surface area (Å²) in [5.74, 6) is 3.25. The van der Waals surface area contributed by atoms with Crippen LogP contribution in [0.2, 0.25) is 0 Å². The van der Waals surface area contributed by atoms with E-state index in [1.807, 2.05) is 6.92 Å². The summed E-state index contributed by atoms with van der Waals surface area (Å²) in [6.45, 7) is 6.88. The van der Waals surface area contributed by atoms with Gasteiger partial charge in [-0.3, -0.25) is 4.79 Å².